The predicted molar refractivity (Wildman–Crippen MR) is 77.7 cm³/mol. The second-order valence-corrected chi connectivity index (χ2v) is 5.02. The maximum Gasteiger partial charge on any atom is 0.241 e. The van der Waals surface area contributed by atoms with Gasteiger partial charge in [0.2, 0.25) is 5.91 Å². The summed E-state index contributed by atoms with van der Waals surface area (Å²) in [5.74, 6) is -0.357. The monoisotopic (exact) mass is 296 g/mol. The Hall–Kier alpha value is -1.50. The van der Waals surface area contributed by atoms with Crippen LogP contribution in [-0.2, 0) is 9.53 Å². The number of nitrogens with zero attached hydrogens (tertiary/aromatic N) is 2. The number of morpholine rings is 1. The van der Waals surface area contributed by atoms with Crippen LogP contribution in [0.15, 0.2) is 24.3 Å². The molecule has 1 aromatic rings. The average molecular weight is 296 g/mol. The SMILES string of the molecule is CCN(C(=O)CN1CCOC(CO)C1)c1ccc(F)cc1. The lowest BCUT2D eigenvalue weighted by molar-refractivity contribution is -0.122. The van der Waals surface area contributed by atoms with Crippen molar-refractivity contribution < 1.29 is 19.0 Å². The van der Waals surface area contributed by atoms with Crippen LogP contribution in [0.3, 0.4) is 0 Å². The lowest BCUT2D eigenvalue weighted by atomic mass is 10.2. The van der Waals surface area contributed by atoms with Crippen molar-refractivity contribution in [2.24, 2.45) is 0 Å². The van der Waals surface area contributed by atoms with Crippen LogP contribution in [0.2, 0.25) is 0 Å². The van der Waals surface area contributed by atoms with Crippen LogP contribution in [-0.4, -0.2) is 61.4 Å². The third-order valence-corrected chi connectivity index (χ3v) is 3.54. The summed E-state index contributed by atoms with van der Waals surface area (Å²) in [5, 5.41) is 9.12. The molecule has 1 heterocycles. The van der Waals surface area contributed by atoms with Gasteiger partial charge in [0.05, 0.1) is 25.9 Å². The Morgan fingerprint density at radius 1 is 1.48 bits per heavy atom. The summed E-state index contributed by atoms with van der Waals surface area (Å²) in [7, 11) is 0. The van der Waals surface area contributed by atoms with Gasteiger partial charge in [0.1, 0.15) is 5.82 Å². The number of carbonyl (C=O) groups is 1. The second kappa shape index (κ2) is 7.49. The van der Waals surface area contributed by atoms with Gasteiger partial charge in [-0.3, -0.25) is 9.69 Å². The normalized spacial score (nSPS) is 19.5. The third kappa shape index (κ3) is 4.23. The van der Waals surface area contributed by atoms with Crippen LogP contribution in [0.5, 0.6) is 0 Å². The van der Waals surface area contributed by atoms with E-state index in [9.17, 15) is 9.18 Å². The van der Waals surface area contributed by atoms with Crippen molar-refractivity contribution in [3.05, 3.63) is 30.1 Å². The van der Waals surface area contributed by atoms with Crippen LogP contribution in [0, 0.1) is 5.82 Å². The van der Waals surface area contributed by atoms with Gasteiger partial charge in [-0.1, -0.05) is 0 Å². The Bertz CT molecular complexity index is 466. The molecular weight excluding hydrogens is 275 g/mol. The molecule has 0 aromatic heterocycles. The molecule has 5 nitrogen and oxygen atoms in total. The van der Waals surface area contributed by atoms with Crippen LogP contribution in [0.4, 0.5) is 10.1 Å². The molecule has 1 saturated heterocycles. The Labute approximate surface area is 123 Å². The van der Waals surface area contributed by atoms with E-state index in [1.807, 2.05) is 11.8 Å². The molecule has 1 unspecified atom stereocenters. The standard InChI is InChI=1S/C15H21FN2O3/c1-2-18(13-5-3-12(16)4-6-13)15(20)10-17-7-8-21-14(9-17)11-19/h3-6,14,19H,2,7-11H2,1H3. The van der Waals surface area contributed by atoms with E-state index in [-0.39, 0.29) is 31.0 Å². The van der Waals surface area contributed by atoms with E-state index >= 15 is 0 Å². The number of hydrogen-bond donors (Lipinski definition) is 1. The molecule has 116 valence electrons. The number of hydrogen-bond acceptors (Lipinski definition) is 4. The highest BCUT2D eigenvalue weighted by atomic mass is 19.1. The molecule has 21 heavy (non-hydrogen) atoms. The summed E-state index contributed by atoms with van der Waals surface area (Å²) in [6.45, 7) is 4.37. The molecule has 1 aliphatic rings. The predicted octanol–water partition coefficient (Wildman–Crippen LogP) is 0.872. The molecule has 0 radical (unpaired) electrons. The minimum Gasteiger partial charge on any atom is -0.394 e. The van der Waals surface area contributed by atoms with Crippen molar-refractivity contribution in [3.8, 4) is 0 Å². The fourth-order valence-electron chi connectivity index (χ4n) is 2.44. The van der Waals surface area contributed by atoms with Crippen molar-refractivity contribution in [1.82, 2.24) is 4.90 Å². The Morgan fingerprint density at radius 3 is 2.81 bits per heavy atom. The molecule has 1 aromatic carbocycles. The van der Waals surface area contributed by atoms with Crippen molar-refractivity contribution >= 4 is 11.6 Å². The Balaban J connectivity index is 1.98. The third-order valence-electron chi connectivity index (χ3n) is 3.54. The molecule has 1 N–H and O–H groups in total. The number of halogens is 1. The van der Waals surface area contributed by atoms with E-state index < -0.39 is 0 Å². The Morgan fingerprint density at radius 2 is 2.19 bits per heavy atom. The highest BCUT2D eigenvalue weighted by molar-refractivity contribution is 5.94. The molecule has 1 amide bonds. The van der Waals surface area contributed by atoms with Gasteiger partial charge in [0.25, 0.3) is 0 Å². The number of anilines is 1. The maximum absolute atomic E-state index is 13.0. The molecule has 0 spiro atoms. The first-order valence-corrected chi connectivity index (χ1v) is 7.14. The Kier molecular flexibility index (Phi) is 5.67. The summed E-state index contributed by atoms with van der Waals surface area (Å²) < 4.78 is 18.3. The first kappa shape index (κ1) is 15.9. The van der Waals surface area contributed by atoms with E-state index in [0.29, 0.717) is 31.9 Å². The second-order valence-electron chi connectivity index (χ2n) is 5.02. The smallest absolute Gasteiger partial charge is 0.241 e. The summed E-state index contributed by atoms with van der Waals surface area (Å²) in [5.41, 5.74) is 0.691. The largest absolute Gasteiger partial charge is 0.394 e. The number of aliphatic hydroxyl groups is 1. The van der Waals surface area contributed by atoms with Gasteiger partial charge < -0.3 is 14.7 Å². The summed E-state index contributed by atoms with van der Waals surface area (Å²) >= 11 is 0. The van der Waals surface area contributed by atoms with Crippen molar-refractivity contribution in [2.75, 3.05) is 44.3 Å². The minimum absolute atomic E-state index is 0.0392. The van der Waals surface area contributed by atoms with Crippen LogP contribution >= 0.6 is 0 Å². The highest BCUT2D eigenvalue weighted by Crippen LogP contribution is 2.15. The fourth-order valence-corrected chi connectivity index (χ4v) is 2.44. The molecule has 6 heteroatoms. The number of benzene rings is 1. The molecular formula is C15H21FN2O3. The molecule has 0 aliphatic carbocycles. The average Bonchev–Trinajstić information content (AvgIpc) is 2.50. The van der Waals surface area contributed by atoms with E-state index in [0.717, 1.165) is 0 Å². The summed E-state index contributed by atoms with van der Waals surface area (Å²) in [6.07, 6.45) is -0.229. The number of amides is 1. The first-order chi connectivity index (χ1) is 10.1. The number of aliphatic hydroxyl groups excluding tert-OH is 1. The van der Waals surface area contributed by atoms with E-state index in [1.54, 1.807) is 17.0 Å². The van der Waals surface area contributed by atoms with Crippen LogP contribution in [0.1, 0.15) is 6.92 Å². The molecule has 1 atom stereocenters. The molecule has 1 fully saturated rings. The van der Waals surface area contributed by atoms with Crippen molar-refractivity contribution in [3.63, 3.8) is 0 Å². The van der Waals surface area contributed by atoms with Crippen molar-refractivity contribution in [1.29, 1.82) is 0 Å². The van der Waals surface area contributed by atoms with Crippen LogP contribution < -0.4 is 4.90 Å². The van der Waals surface area contributed by atoms with Crippen molar-refractivity contribution in [2.45, 2.75) is 13.0 Å². The number of likely N-dealkylation sites (N-methyl/N-ethyl adjacent to an activating group) is 1. The zero-order chi connectivity index (χ0) is 15.2. The molecule has 2 rings (SSSR count). The number of ether oxygens (including phenoxy) is 1. The minimum atomic E-state index is -0.318. The lowest BCUT2D eigenvalue weighted by Crippen LogP contribution is -2.48. The maximum atomic E-state index is 13.0. The number of rotatable bonds is 5. The highest BCUT2D eigenvalue weighted by Gasteiger charge is 2.23. The van der Waals surface area contributed by atoms with E-state index in [2.05, 4.69) is 0 Å². The fraction of sp³-hybridized carbons (Fsp3) is 0.533. The van der Waals surface area contributed by atoms with Gasteiger partial charge in [-0.15, -0.1) is 0 Å². The van der Waals surface area contributed by atoms with Gasteiger partial charge in [0.15, 0.2) is 0 Å². The zero-order valence-electron chi connectivity index (χ0n) is 12.2. The molecule has 0 bridgehead atoms. The van der Waals surface area contributed by atoms with Gasteiger partial charge >= 0.3 is 0 Å². The zero-order valence-corrected chi connectivity index (χ0v) is 12.2. The van der Waals surface area contributed by atoms with E-state index in [4.69, 9.17) is 9.84 Å². The summed E-state index contributed by atoms with van der Waals surface area (Å²) in [4.78, 5) is 16.0. The quantitative estimate of drug-likeness (QED) is 0.876. The van der Waals surface area contributed by atoms with Gasteiger partial charge in [-0.25, -0.2) is 4.39 Å². The van der Waals surface area contributed by atoms with Gasteiger partial charge in [0, 0.05) is 25.3 Å². The lowest BCUT2D eigenvalue weighted by Gasteiger charge is -2.33. The molecule has 1 aliphatic heterocycles. The van der Waals surface area contributed by atoms with Gasteiger partial charge in [-0.2, -0.15) is 0 Å². The van der Waals surface area contributed by atoms with Gasteiger partial charge in [-0.05, 0) is 31.2 Å². The first-order valence-electron chi connectivity index (χ1n) is 7.14. The molecule has 0 saturated carbocycles. The topological polar surface area (TPSA) is 53.0 Å². The summed E-state index contributed by atoms with van der Waals surface area (Å²) in [6, 6.07) is 5.91. The van der Waals surface area contributed by atoms with Crippen LogP contribution in [0.25, 0.3) is 0 Å². The number of carbonyl (C=O) groups excluding carboxylic acids is 1. The van der Waals surface area contributed by atoms with E-state index in [1.165, 1.54) is 12.1 Å².